The van der Waals surface area contributed by atoms with Crippen LogP contribution in [0.2, 0.25) is 0 Å². The van der Waals surface area contributed by atoms with Crippen molar-refractivity contribution in [2.24, 2.45) is 0 Å². The van der Waals surface area contributed by atoms with Crippen molar-refractivity contribution < 1.29 is 9.72 Å². The summed E-state index contributed by atoms with van der Waals surface area (Å²) in [5.74, 6) is -0.0582. The Labute approximate surface area is 144 Å². The van der Waals surface area contributed by atoms with Crippen molar-refractivity contribution in [2.45, 2.75) is 6.92 Å². The summed E-state index contributed by atoms with van der Waals surface area (Å²) in [4.78, 5) is 22.4. The van der Waals surface area contributed by atoms with Crippen LogP contribution in [0.3, 0.4) is 0 Å². The van der Waals surface area contributed by atoms with Gasteiger partial charge in [-0.05, 0) is 38.8 Å². The van der Waals surface area contributed by atoms with Crippen LogP contribution >= 0.6 is 31.9 Å². The van der Waals surface area contributed by atoms with Gasteiger partial charge in [-0.15, -0.1) is 0 Å². The summed E-state index contributed by atoms with van der Waals surface area (Å²) in [6.07, 6.45) is 0. The Hall–Kier alpha value is -1.73. The molecule has 0 atom stereocenters. The molecule has 22 heavy (non-hydrogen) atoms. The number of nitro groups is 1. The zero-order valence-electron chi connectivity index (χ0n) is 11.6. The van der Waals surface area contributed by atoms with E-state index in [2.05, 4.69) is 37.2 Å². The predicted molar refractivity (Wildman–Crippen MR) is 92.5 cm³/mol. The fourth-order valence-corrected chi connectivity index (χ4v) is 3.29. The molecule has 2 aromatic rings. The highest BCUT2D eigenvalue weighted by molar-refractivity contribution is 9.11. The largest absolute Gasteiger partial charge is 0.376 e. The van der Waals surface area contributed by atoms with Crippen LogP contribution in [0.25, 0.3) is 0 Å². The topological polar surface area (TPSA) is 72.2 Å². The Balaban J connectivity index is 2.13. The number of anilines is 1. The smallest absolute Gasteiger partial charge is 0.271 e. The fourth-order valence-electron chi connectivity index (χ4n) is 1.84. The molecule has 0 unspecified atom stereocenters. The molecule has 0 aliphatic rings. The number of aryl methyl sites for hydroxylation is 1. The molecule has 7 heteroatoms. The van der Waals surface area contributed by atoms with Gasteiger partial charge in [0.05, 0.1) is 17.2 Å². The van der Waals surface area contributed by atoms with Crippen molar-refractivity contribution >= 4 is 49.0 Å². The van der Waals surface area contributed by atoms with E-state index in [0.29, 0.717) is 20.2 Å². The van der Waals surface area contributed by atoms with Gasteiger partial charge < -0.3 is 5.32 Å². The standard InChI is InChI=1S/C15H12Br2N2O3/c1-9-2-4-10(5-3-9)14(20)8-18-15-12(16)6-11(19(21)22)7-13(15)17/h2-7,18H,8H2,1H3. The van der Waals surface area contributed by atoms with E-state index in [1.54, 1.807) is 12.1 Å². The maximum Gasteiger partial charge on any atom is 0.271 e. The molecular weight excluding hydrogens is 416 g/mol. The van der Waals surface area contributed by atoms with E-state index in [4.69, 9.17) is 0 Å². The monoisotopic (exact) mass is 426 g/mol. The van der Waals surface area contributed by atoms with Gasteiger partial charge in [-0.25, -0.2) is 0 Å². The van der Waals surface area contributed by atoms with Crippen molar-refractivity contribution in [3.05, 3.63) is 66.6 Å². The average Bonchev–Trinajstić information content (AvgIpc) is 2.46. The van der Waals surface area contributed by atoms with Crippen molar-refractivity contribution in [1.82, 2.24) is 0 Å². The van der Waals surface area contributed by atoms with Crippen LogP contribution in [0.4, 0.5) is 11.4 Å². The fraction of sp³-hybridized carbons (Fsp3) is 0.133. The quantitative estimate of drug-likeness (QED) is 0.425. The van der Waals surface area contributed by atoms with Gasteiger partial charge in [-0.2, -0.15) is 0 Å². The summed E-state index contributed by atoms with van der Waals surface area (Å²) in [6.45, 7) is 2.05. The molecule has 0 aliphatic heterocycles. The highest BCUT2D eigenvalue weighted by Gasteiger charge is 2.15. The van der Waals surface area contributed by atoms with Crippen LogP contribution in [0.1, 0.15) is 15.9 Å². The number of halogens is 2. The van der Waals surface area contributed by atoms with Gasteiger partial charge in [0.15, 0.2) is 5.78 Å². The minimum Gasteiger partial charge on any atom is -0.376 e. The molecule has 2 rings (SSSR count). The Morgan fingerprint density at radius 3 is 2.23 bits per heavy atom. The summed E-state index contributed by atoms with van der Waals surface area (Å²) < 4.78 is 1.04. The van der Waals surface area contributed by atoms with Gasteiger partial charge in [-0.3, -0.25) is 14.9 Å². The van der Waals surface area contributed by atoms with Gasteiger partial charge in [0, 0.05) is 26.6 Å². The second-order valence-electron chi connectivity index (χ2n) is 4.68. The first kappa shape index (κ1) is 16.6. The first-order valence-corrected chi connectivity index (χ1v) is 7.94. The van der Waals surface area contributed by atoms with Crippen LogP contribution < -0.4 is 5.32 Å². The summed E-state index contributed by atoms with van der Waals surface area (Å²) in [7, 11) is 0. The third-order valence-corrected chi connectivity index (χ3v) is 4.29. The number of carbonyl (C=O) groups is 1. The minimum atomic E-state index is -0.475. The lowest BCUT2D eigenvalue weighted by atomic mass is 10.1. The van der Waals surface area contributed by atoms with E-state index in [1.807, 2.05) is 19.1 Å². The second-order valence-corrected chi connectivity index (χ2v) is 6.39. The molecule has 0 aromatic heterocycles. The maximum atomic E-state index is 12.1. The van der Waals surface area contributed by atoms with Crippen molar-refractivity contribution in [2.75, 3.05) is 11.9 Å². The molecular formula is C15H12Br2N2O3. The molecule has 0 heterocycles. The third kappa shape index (κ3) is 3.92. The predicted octanol–water partition coefficient (Wildman–Crippen LogP) is 4.72. The molecule has 2 aromatic carbocycles. The van der Waals surface area contributed by atoms with Crippen molar-refractivity contribution in [1.29, 1.82) is 0 Å². The highest BCUT2D eigenvalue weighted by Crippen LogP contribution is 2.35. The number of ketones is 1. The number of carbonyl (C=O) groups excluding carboxylic acids is 1. The average molecular weight is 428 g/mol. The number of benzene rings is 2. The molecule has 0 amide bonds. The SMILES string of the molecule is Cc1ccc(C(=O)CNc2c(Br)cc([N+](=O)[O-])cc2Br)cc1. The van der Waals surface area contributed by atoms with E-state index < -0.39 is 4.92 Å². The highest BCUT2D eigenvalue weighted by atomic mass is 79.9. The molecule has 0 spiro atoms. The Kier molecular flexibility index (Phi) is 5.31. The van der Waals surface area contributed by atoms with Crippen LogP contribution in [0.5, 0.6) is 0 Å². The third-order valence-electron chi connectivity index (χ3n) is 3.04. The van der Waals surface area contributed by atoms with Crippen LogP contribution in [0, 0.1) is 17.0 Å². The van der Waals surface area contributed by atoms with Gasteiger partial charge >= 0.3 is 0 Å². The van der Waals surface area contributed by atoms with Gasteiger partial charge in [0.25, 0.3) is 5.69 Å². The number of hydrogen-bond donors (Lipinski definition) is 1. The van der Waals surface area contributed by atoms with Gasteiger partial charge in [-0.1, -0.05) is 29.8 Å². The van der Waals surface area contributed by atoms with Crippen molar-refractivity contribution in [3.63, 3.8) is 0 Å². The number of hydrogen-bond acceptors (Lipinski definition) is 4. The number of nitro benzene ring substituents is 1. The number of rotatable bonds is 5. The van der Waals surface area contributed by atoms with E-state index >= 15 is 0 Å². The number of non-ortho nitro benzene ring substituents is 1. The van der Waals surface area contributed by atoms with Crippen molar-refractivity contribution in [3.8, 4) is 0 Å². The molecule has 0 radical (unpaired) electrons. The summed E-state index contributed by atoms with van der Waals surface area (Å²) in [5.41, 5.74) is 2.28. The van der Waals surface area contributed by atoms with Crippen LogP contribution in [-0.2, 0) is 0 Å². The molecule has 0 fully saturated rings. The Morgan fingerprint density at radius 1 is 1.18 bits per heavy atom. The molecule has 0 saturated carbocycles. The number of Topliss-reactive ketones (excluding diaryl/α,β-unsaturated/α-hetero) is 1. The van der Waals surface area contributed by atoms with Gasteiger partial charge in [0.1, 0.15) is 0 Å². The van der Waals surface area contributed by atoms with E-state index in [-0.39, 0.29) is 18.0 Å². The Morgan fingerprint density at radius 2 is 1.73 bits per heavy atom. The lowest BCUT2D eigenvalue weighted by molar-refractivity contribution is -0.385. The van der Waals surface area contributed by atoms with E-state index in [0.717, 1.165) is 5.56 Å². The first-order chi connectivity index (χ1) is 10.4. The van der Waals surface area contributed by atoms with E-state index in [9.17, 15) is 14.9 Å². The Bertz CT molecular complexity index is 707. The normalized spacial score (nSPS) is 10.3. The first-order valence-electron chi connectivity index (χ1n) is 6.35. The zero-order valence-corrected chi connectivity index (χ0v) is 14.8. The van der Waals surface area contributed by atoms with Crippen LogP contribution in [0.15, 0.2) is 45.3 Å². The molecule has 5 nitrogen and oxygen atoms in total. The summed E-state index contributed by atoms with van der Waals surface area (Å²) in [6, 6.07) is 10.1. The molecule has 0 bridgehead atoms. The molecule has 1 N–H and O–H groups in total. The van der Waals surface area contributed by atoms with Gasteiger partial charge in [0.2, 0.25) is 0 Å². The lowest BCUT2D eigenvalue weighted by Gasteiger charge is -2.10. The molecule has 114 valence electrons. The van der Waals surface area contributed by atoms with E-state index in [1.165, 1.54) is 12.1 Å². The van der Waals surface area contributed by atoms with Crippen LogP contribution in [-0.4, -0.2) is 17.3 Å². The summed E-state index contributed by atoms with van der Waals surface area (Å²) >= 11 is 6.55. The number of nitrogens with one attached hydrogen (secondary N) is 1. The maximum absolute atomic E-state index is 12.1. The summed E-state index contributed by atoms with van der Waals surface area (Å²) in [5, 5.41) is 13.8. The number of nitrogens with zero attached hydrogens (tertiary/aromatic N) is 1. The molecule has 0 aliphatic carbocycles. The zero-order chi connectivity index (χ0) is 16.3. The molecule has 0 saturated heterocycles. The minimum absolute atomic E-state index is 0.0332. The second kappa shape index (κ2) is 7.02. The lowest BCUT2D eigenvalue weighted by Crippen LogP contribution is -2.14.